The van der Waals surface area contributed by atoms with E-state index in [4.69, 9.17) is 0 Å². The van der Waals surface area contributed by atoms with E-state index in [2.05, 4.69) is 5.32 Å². The molecule has 0 aliphatic heterocycles. The SMILES string of the molecule is O=C(C[C@H](c1ccccc1)C(F)(F)F)N[C@H]1CC[C@@H](O)C1. The normalized spacial score (nSPS) is 23.8. The molecule has 1 aromatic carbocycles. The van der Waals surface area contributed by atoms with Gasteiger partial charge in [0.05, 0.1) is 12.0 Å². The van der Waals surface area contributed by atoms with Gasteiger partial charge in [-0.15, -0.1) is 0 Å². The molecule has 21 heavy (non-hydrogen) atoms. The van der Waals surface area contributed by atoms with Gasteiger partial charge in [-0.05, 0) is 24.8 Å². The van der Waals surface area contributed by atoms with Gasteiger partial charge in [-0.3, -0.25) is 4.79 Å². The van der Waals surface area contributed by atoms with Gasteiger partial charge in [-0.25, -0.2) is 0 Å². The van der Waals surface area contributed by atoms with E-state index in [0.717, 1.165) is 0 Å². The van der Waals surface area contributed by atoms with Crippen LogP contribution in [0.15, 0.2) is 30.3 Å². The Labute approximate surface area is 121 Å². The predicted octanol–water partition coefficient (Wildman–Crippen LogP) is 2.75. The van der Waals surface area contributed by atoms with Crippen molar-refractivity contribution in [3.05, 3.63) is 35.9 Å². The van der Waals surface area contributed by atoms with E-state index in [1.165, 1.54) is 24.3 Å². The van der Waals surface area contributed by atoms with E-state index < -0.39 is 30.5 Å². The Morgan fingerprint density at radius 2 is 1.95 bits per heavy atom. The Hall–Kier alpha value is -1.56. The lowest BCUT2D eigenvalue weighted by atomic mass is 9.94. The molecule has 1 aliphatic carbocycles. The number of hydrogen-bond acceptors (Lipinski definition) is 2. The molecule has 0 aromatic heterocycles. The summed E-state index contributed by atoms with van der Waals surface area (Å²) in [7, 11) is 0. The molecular formula is C15H18F3NO2. The number of carbonyl (C=O) groups excluding carboxylic acids is 1. The van der Waals surface area contributed by atoms with Crippen molar-refractivity contribution in [2.24, 2.45) is 0 Å². The summed E-state index contributed by atoms with van der Waals surface area (Å²) in [6, 6.07) is 7.22. The van der Waals surface area contributed by atoms with Crippen LogP contribution in [0, 0.1) is 0 Å². The molecule has 0 bridgehead atoms. The largest absolute Gasteiger partial charge is 0.396 e. The second kappa shape index (κ2) is 6.47. The van der Waals surface area contributed by atoms with Crippen molar-refractivity contribution in [3.8, 4) is 0 Å². The van der Waals surface area contributed by atoms with Crippen LogP contribution in [0.1, 0.15) is 37.2 Å². The minimum atomic E-state index is -4.46. The highest BCUT2D eigenvalue weighted by atomic mass is 19.4. The van der Waals surface area contributed by atoms with Gasteiger partial charge >= 0.3 is 6.18 Å². The molecule has 1 saturated carbocycles. The molecule has 1 aromatic rings. The average molecular weight is 301 g/mol. The van der Waals surface area contributed by atoms with Crippen LogP contribution in [0.2, 0.25) is 0 Å². The number of aliphatic hydroxyl groups excluding tert-OH is 1. The number of nitrogens with one attached hydrogen (secondary N) is 1. The number of halogens is 3. The first kappa shape index (κ1) is 15.8. The van der Waals surface area contributed by atoms with Gasteiger partial charge in [0, 0.05) is 12.5 Å². The minimum absolute atomic E-state index is 0.0895. The van der Waals surface area contributed by atoms with Crippen molar-refractivity contribution < 1.29 is 23.1 Å². The van der Waals surface area contributed by atoms with E-state index in [-0.39, 0.29) is 11.6 Å². The first-order valence-electron chi connectivity index (χ1n) is 6.95. The fourth-order valence-electron chi connectivity index (χ4n) is 2.67. The van der Waals surface area contributed by atoms with E-state index >= 15 is 0 Å². The maximum atomic E-state index is 13.1. The van der Waals surface area contributed by atoms with Gasteiger partial charge in [0.2, 0.25) is 5.91 Å². The smallest absolute Gasteiger partial charge is 0.393 e. The lowest BCUT2D eigenvalue weighted by Crippen LogP contribution is -2.36. The standard InChI is InChI=1S/C15H18F3NO2/c16-15(17,18)13(10-4-2-1-3-5-10)9-14(21)19-11-6-7-12(20)8-11/h1-5,11-13,20H,6-9H2,(H,19,21)/t11-,12+,13+/m0/s1. The van der Waals surface area contributed by atoms with Crippen molar-refractivity contribution in [1.82, 2.24) is 5.32 Å². The quantitative estimate of drug-likeness (QED) is 0.898. The number of alkyl halides is 3. The first-order valence-corrected chi connectivity index (χ1v) is 6.95. The molecule has 2 rings (SSSR count). The van der Waals surface area contributed by atoms with Gasteiger partial charge in [0.15, 0.2) is 0 Å². The lowest BCUT2D eigenvalue weighted by Gasteiger charge is -2.21. The van der Waals surface area contributed by atoms with Crippen molar-refractivity contribution in [1.29, 1.82) is 0 Å². The van der Waals surface area contributed by atoms with Crippen LogP contribution in [0.3, 0.4) is 0 Å². The van der Waals surface area contributed by atoms with Crippen LogP contribution in [0.5, 0.6) is 0 Å². The van der Waals surface area contributed by atoms with Crippen molar-refractivity contribution in [2.75, 3.05) is 0 Å². The monoisotopic (exact) mass is 301 g/mol. The fourth-order valence-corrected chi connectivity index (χ4v) is 2.67. The molecule has 116 valence electrons. The summed E-state index contributed by atoms with van der Waals surface area (Å²) in [4.78, 5) is 11.8. The summed E-state index contributed by atoms with van der Waals surface area (Å²) in [6.07, 6.45) is -3.97. The van der Waals surface area contributed by atoms with E-state index in [1.807, 2.05) is 0 Å². The third kappa shape index (κ3) is 4.46. The maximum absolute atomic E-state index is 13.1. The third-order valence-corrected chi connectivity index (χ3v) is 3.76. The Kier molecular flexibility index (Phi) is 4.88. The fraction of sp³-hybridized carbons (Fsp3) is 0.533. The highest BCUT2D eigenvalue weighted by Crippen LogP contribution is 2.37. The van der Waals surface area contributed by atoms with Crippen molar-refractivity contribution in [2.45, 2.75) is 49.9 Å². The lowest BCUT2D eigenvalue weighted by molar-refractivity contribution is -0.157. The number of aliphatic hydroxyl groups is 1. The Bertz CT molecular complexity index is 476. The van der Waals surface area contributed by atoms with Crippen LogP contribution in [-0.2, 0) is 4.79 Å². The molecule has 0 radical (unpaired) electrons. The second-order valence-corrected chi connectivity index (χ2v) is 5.44. The Balaban J connectivity index is 2.01. The summed E-state index contributed by atoms with van der Waals surface area (Å²) in [6.45, 7) is 0. The van der Waals surface area contributed by atoms with Gasteiger partial charge in [0.1, 0.15) is 0 Å². The second-order valence-electron chi connectivity index (χ2n) is 5.44. The van der Waals surface area contributed by atoms with Crippen LogP contribution >= 0.6 is 0 Å². The summed E-state index contributed by atoms with van der Waals surface area (Å²) >= 11 is 0. The zero-order chi connectivity index (χ0) is 15.5. The predicted molar refractivity (Wildman–Crippen MR) is 71.6 cm³/mol. The highest BCUT2D eigenvalue weighted by Gasteiger charge is 2.42. The molecule has 0 saturated heterocycles. The molecule has 0 unspecified atom stereocenters. The molecule has 3 atom stereocenters. The number of amides is 1. The molecular weight excluding hydrogens is 283 g/mol. The zero-order valence-electron chi connectivity index (χ0n) is 11.4. The Morgan fingerprint density at radius 3 is 2.48 bits per heavy atom. The summed E-state index contributed by atoms with van der Waals surface area (Å²) in [5, 5.41) is 12.0. The summed E-state index contributed by atoms with van der Waals surface area (Å²) < 4.78 is 39.4. The number of hydrogen-bond donors (Lipinski definition) is 2. The first-order chi connectivity index (χ1) is 9.86. The van der Waals surface area contributed by atoms with Crippen LogP contribution in [0.4, 0.5) is 13.2 Å². The number of benzene rings is 1. The molecule has 1 aliphatic rings. The molecule has 3 nitrogen and oxygen atoms in total. The molecule has 2 N–H and O–H groups in total. The molecule has 1 fully saturated rings. The van der Waals surface area contributed by atoms with Crippen molar-refractivity contribution >= 4 is 5.91 Å². The molecule has 1 amide bonds. The van der Waals surface area contributed by atoms with Gasteiger partial charge < -0.3 is 10.4 Å². The van der Waals surface area contributed by atoms with E-state index in [0.29, 0.717) is 19.3 Å². The summed E-state index contributed by atoms with van der Waals surface area (Å²) in [5.74, 6) is -2.43. The van der Waals surface area contributed by atoms with E-state index in [1.54, 1.807) is 6.07 Å². The third-order valence-electron chi connectivity index (χ3n) is 3.76. The number of rotatable bonds is 4. The molecule has 0 heterocycles. The topological polar surface area (TPSA) is 49.3 Å². The van der Waals surface area contributed by atoms with Gasteiger partial charge in [0.25, 0.3) is 0 Å². The molecule has 0 spiro atoms. The minimum Gasteiger partial charge on any atom is -0.393 e. The molecule has 6 heteroatoms. The van der Waals surface area contributed by atoms with Gasteiger partial charge in [-0.1, -0.05) is 30.3 Å². The van der Waals surface area contributed by atoms with Crippen LogP contribution in [0.25, 0.3) is 0 Å². The highest BCUT2D eigenvalue weighted by molar-refractivity contribution is 5.77. The van der Waals surface area contributed by atoms with Crippen LogP contribution < -0.4 is 5.32 Å². The average Bonchev–Trinajstić information content (AvgIpc) is 2.81. The Morgan fingerprint density at radius 1 is 1.29 bits per heavy atom. The van der Waals surface area contributed by atoms with E-state index in [9.17, 15) is 23.1 Å². The maximum Gasteiger partial charge on any atom is 0.396 e. The van der Waals surface area contributed by atoms with Gasteiger partial charge in [-0.2, -0.15) is 13.2 Å². The van der Waals surface area contributed by atoms with Crippen LogP contribution in [-0.4, -0.2) is 29.3 Å². The summed E-state index contributed by atoms with van der Waals surface area (Å²) in [5.41, 5.74) is 0.0895. The zero-order valence-corrected chi connectivity index (χ0v) is 11.4. The van der Waals surface area contributed by atoms with Crippen molar-refractivity contribution in [3.63, 3.8) is 0 Å². The number of carbonyl (C=O) groups is 1.